The summed E-state index contributed by atoms with van der Waals surface area (Å²) in [5, 5.41) is 0. The maximum atomic E-state index is 10.7. The summed E-state index contributed by atoms with van der Waals surface area (Å²) < 4.78 is 0. The maximum absolute atomic E-state index is 10.7. The average Bonchev–Trinajstić information content (AvgIpc) is 2.19. The van der Waals surface area contributed by atoms with Crippen LogP contribution in [0.5, 0.6) is 0 Å². The van der Waals surface area contributed by atoms with Crippen LogP contribution in [-0.4, -0.2) is 24.2 Å². The zero-order valence-electron chi connectivity index (χ0n) is 7.23. The average molecular weight is 181 g/mol. The van der Waals surface area contributed by atoms with Crippen molar-refractivity contribution >= 4 is 18.7 Å². The number of carbonyl (C=O) groups excluding carboxylic acids is 3. The van der Waals surface area contributed by atoms with Gasteiger partial charge in [0.25, 0.3) is 0 Å². The summed E-state index contributed by atoms with van der Waals surface area (Å²) in [4.78, 5) is 34.8. The van der Waals surface area contributed by atoms with Crippen molar-refractivity contribution in [3.05, 3.63) is 0 Å². The van der Waals surface area contributed by atoms with Crippen molar-refractivity contribution in [3.8, 4) is 0 Å². The van der Waals surface area contributed by atoms with Crippen LogP contribution >= 0.6 is 0 Å². The Morgan fingerprint density at radius 3 is 2.77 bits per heavy atom. The van der Waals surface area contributed by atoms with E-state index in [1.807, 2.05) is 0 Å². The predicted octanol–water partition coefficient (Wildman–Crippen LogP) is 0.649. The van der Waals surface area contributed by atoms with E-state index in [1.165, 1.54) is 6.08 Å². The standard InChI is InChI=1S/C9H11NO3/c11-5-8-2-1-3-9(4-8,6-12)10-7-13/h5-6,8H,1-4H2. The summed E-state index contributed by atoms with van der Waals surface area (Å²) in [5.74, 6) is -0.143. The van der Waals surface area contributed by atoms with Gasteiger partial charge in [0.1, 0.15) is 18.1 Å². The maximum Gasteiger partial charge on any atom is 0.235 e. The van der Waals surface area contributed by atoms with Gasteiger partial charge in [-0.25, -0.2) is 4.79 Å². The molecule has 2 atom stereocenters. The van der Waals surface area contributed by atoms with Crippen LogP contribution in [0.3, 0.4) is 0 Å². The minimum absolute atomic E-state index is 0.143. The van der Waals surface area contributed by atoms with Gasteiger partial charge in [-0.2, -0.15) is 4.99 Å². The molecule has 1 fully saturated rings. The number of nitrogens with zero attached hydrogens (tertiary/aromatic N) is 1. The van der Waals surface area contributed by atoms with E-state index in [4.69, 9.17) is 0 Å². The van der Waals surface area contributed by atoms with Gasteiger partial charge < -0.3 is 9.59 Å². The molecule has 0 spiro atoms. The van der Waals surface area contributed by atoms with Crippen LogP contribution < -0.4 is 0 Å². The van der Waals surface area contributed by atoms with E-state index in [1.54, 1.807) is 0 Å². The molecule has 0 aromatic heterocycles. The summed E-state index contributed by atoms with van der Waals surface area (Å²) >= 11 is 0. The Hall–Kier alpha value is -1.28. The molecule has 70 valence electrons. The van der Waals surface area contributed by atoms with Crippen LogP contribution in [0.15, 0.2) is 4.99 Å². The van der Waals surface area contributed by atoms with Crippen molar-refractivity contribution in [2.45, 2.75) is 31.2 Å². The van der Waals surface area contributed by atoms with Gasteiger partial charge >= 0.3 is 0 Å². The quantitative estimate of drug-likeness (QED) is 0.365. The Morgan fingerprint density at radius 2 is 2.23 bits per heavy atom. The van der Waals surface area contributed by atoms with Crippen molar-refractivity contribution in [2.24, 2.45) is 10.9 Å². The fourth-order valence-electron chi connectivity index (χ4n) is 1.77. The van der Waals surface area contributed by atoms with Crippen molar-refractivity contribution in [1.29, 1.82) is 0 Å². The first kappa shape index (κ1) is 9.81. The lowest BCUT2D eigenvalue weighted by Gasteiger charge is -2.29. The van der Waals surface area contributed by atoms with Crippen molar-refractivity contribution in [2.75, 3.05) is 0 Å². The van der Waals surface area contributed by atoms with Gasteiger partial charge in [-0.1, -0.05) is 0 Å². The van der Waals surface area contributed by atoms with E-state index in [9.17, 15) is 14.4 Å². The minimum atomic E-state index is -0.967. The van der Waals surface area contributed by atoms with E-state index in [2.05, 4.69) is 4.99 Å². The van der Waals surface area contributed by atoms with Crippen LogP contribution in [0.2, 0.25) is 0 Å². The molecule has 1 rings (SSSR count). The zero-order valence-corrected chi connectivity index (χ0v) is 7.23. The molecular weight excluding hydrogens is 170 g/mol. The molecule has 0 amide bonds. The van der Waals surface area contributed by atoms with Gasteiger partial charge in [0.15, 0.2) is 0 Å². The van der Waals surface area contributed by atoms with Gasteiger partial charge in [0.05, 0.1) is 0 Å². The summed E-state index contributed by atoms with van der Waals surface area (Å²) in [7, 11) is 0. The summed E-state index contributed by atoms with van der Waals surface area (Å²) in [6, 6.07) is 0. The molecule has 4 nitrogen and oxygen atoms in total. The molecule has 0 radical (unpaired) electrons. The van der Waals surface area contributed by atoms with E-state index in [0.717, 1.165) is 19.1 Å². The monoisotopic (exact) mass is 181 g/mol. The Morgan fingerprint density at radius 1 is 1.46 bits per heavy atom. The molecule has 2 unspecified atom stereocenters. The molecule has 4 heteroatoms. The third-order valence-electron chi connectivity index (χ3n) is 2.48. The van der Waals surface area contributed by atoms with Gasteiger partial charge in [0.2, 0.25) is 6.08 Å². The number of rotatable bonds is 3. The van der Waals surface area contributed by atoms with Gasteiger partial charge in [0, 0.05) is 5.92 Å². The van der Waals surface area contributed by atoms with Crippen LogP contribution in [0, 0.1) is 5.92 Å². The van der Waals surface area contributed by atoms with Crippen molar-refractivity contribution in [1.82, 2.24) is 0 Å². The molecule has 0 bridgehead atoms. The fraction of sp³-hybridized carbons (Fsp3) is 0.667. The van der Waals surface area contributed by atoms with E-state index in [0.29, 0.717) is 19.1 Å². The number of aldehydes is 2. The lowest BCUT2D eigenvalue weighted by atomic mass is 9.77. The number of hydrogen-bond acceptors (Lipinski definition) is 4. The SMILES string of the molecule is O=C=NC1(C=O)CCCC(C=O)C1. The minimum Gasteiger partial charge on any atom is -0.303 e. The van der Waals surface area contributed by atoms with Crippen LogP contribution in [0.4, 0.5) is 0 Å². The Balaban J connectivity index is 2.80. The van der Waals surface area contributed by atoms with Crippen LogP contribution in [0.1, 0.15) is 25.7 Å². The van der Waals surface area contributed by atoms with Gasteiger partial charge in [-0.15, -0.1) is 0 Å². The van der Waals surface area contributed by atoms with Crippen LogP contribution in [0.25, 0.3) is 0 Å². The first-order valence-electron chi connectivity index (χ1n) is 4.27. The highest BCUT2D eigenvalue weighted by molar-refractivity contribution is 5.68. The van der Waals surface area contributed by atoms with Gasteiger partial charge in [-0.05, 0) is 25.7 Å². The first-order valence-corrected chi connectivity index (χ1v) is 4.27. The third-order valence-corrected chi connectivity index (χ3v) is 2.48. The Kier molecular flexibility index (Phi) is 3.09. The van der Waals surface area contributed by atoms with E-state index >= 15 is 0 Å². The number of hydrogen-bond donors (Lipinski definition) is 0. The largest absolute Gasteiger partial charge is 0.303 e. The second-order valence-electron chi connectivity index (χ2n) is 3.42. The lowest BCUT2D eigenvalue weighted by Crippen LogP contribution is -2.35. The molecule has 0 aromatic rings. The molecule has 1 saturated carbocycles. The second kappa shape index (κ2) is 4.10. The number of carbonyl (C=O) groups is 2. The van der Waals surface area contributed by atoms with Crippen molar-refractivity contribution in [3.63, 3.8) is 0 Å². The number of aliphatic imine (C=N–C) groups is 1. The van der Waals surface area contributed by atoms with Gasteiger partial charge in [-0.3, -0.25) is 0 Å². The molecular formula is C9H11NO3. The molecule has 0 aromatic carbocycles. The predicted molar refractivity (Wildman–Crippen MR) is 44.9 cm³/mol. The second-order valence-corrected chi connectivity index (χ2v) is 3.42. The molecule has 0 N–H and O–H groups in total. The summed E-state index contributed by atoms with van der Waals surface area (Å²) in [5.41, 5.74) is -0.967. The number of isocyanates is 1. The highest BCUT2D eigenvalue weighted by Gasteiger charge is 2.36. The smallest absolute Gasteiger partial charge is 0.235 e. The zero-order chi connectivity index (χ0) is 9.73. The molecule has 0 saturated heterocycles. The summed E-state index contributed by atoms with van der Waals surface area (Å²) in [6.45, 7) is 0. The normalized spacial score (nSPS) is 33.1. The molecule has 0 heterocycles. The topological polar surface area (TPSA) is 63.6 Å². The highest BCUT2D eigenvalue weighted by atomic mass is 16.1. The Labute approximate surface area is 76.0 Å². The van der Waals surface area contributed by atoms with Crippen LogP contribution in [-0.2, 0) is 14.4 Å². The molecule has 1 aliphatic rings. The summed E-state index contributed by atoms with van der Waals surface area (Å²) in [6.07, 6.45) is 5.34. The Bertz CT molecular complexity index is 258. The van der Waals surface area contributed by atoms with E-state index in [-0.39, 0.29) is 5.92 Å². The molecule has 13 heavy (non-hydrogen) atoms. The third kappa shape index (κ3) is 2.10. The fourth-order valence-corrected chi connectivity index (χ4v) is 1.77. The lowest BCUT2D eigenvalue weighted by molar-refractivity contribution is -0.116. The van der Waals surface area contributed by atoms with E-state index < -0.39 is 5.54 Å². The highest BCUT2D eigenvalue weighted by Crippen LogP contribution is 2.32. The first-order chi connectivity index (χ1) is 6.26. The molecule has 1 aliphatic carbocycles. The van der Waals surface area contributed by atoms with Crippen molar-refractivity contribution < 1.29 is 14.4 Å². The molecule has 0 aliphatic heterocycles.